The lowest BCUT2D eigenvalue weighted by Crippen LogP contribution is -2.22. The molecular formula is C15H22BrNO2. The van der Waals surface area contributed by atoms with Gasteiger partial charge in [0.25, 0.3) is 0 Å². The van der Waals surface area contributed by atoms with E-state index < -0.39 is 0 Å². The number of ether oxygens (including phenoxy) is 2. The molecule has 1 N–H and O–H groups in total. The van der Waals surface area contributed by atoms with Crippen molar-refractivity contribution in [3.05, 3.63) is 28.2 Å². The van der Waals surface area contributed by atoms with E-state index >= 15 is 0 Å². The number of nitrogens with one attached hydrogen (secondary N) is 1. The van der Waals surface area contributed by atoms with E-state index in [0.29, 0.717) is 12.0 Å². The maximum absolute atomic E-state index is 6.02. The summed E-state index contributed by atoms with van der Waals surface area (Å²) < 4.78 is 12.4. The highest BCUT2D eigenvalue weighted by molar-refractivity contribution is 9.10. The zero-order chi connectivity index (χ0) is 13.7. The zero-order valence-electron chi connectivity index (χ0n) is 11.6. The normalized spacial score (nSPS) is 19.1. The number of benzene rings is 1. The standard InChI is InChI=1S/C15H22BrNO2/c1-11(2)17-8-13-4-3-5-14(16)15(13)19-10-12-6-7-18-9-12/h3-5,11-12,17H,6-10H2,1-2H3. The molecule has 106 valence electrons. The Morgan fingerprint density at radius 1 is 1.47 bits per heavy atom. The molecular weight excluding hydrogens is 306 g/mol. The van der Waals surface area contributed by atoms with E-state index in [4.69, 9.17) is 9.47 Å². The summed E-state index contributed by atoms with van der Waals surface area (Å²) in [5.74, 6) is 1.49. The third kappa shape index (κ3) is 4.48. The summed E-state index contributed by atoms with van der Waals surface area (Å²) in [6, 6.07) is 6.66. The SMILES string of the molecule is CC(C)NCc1cccc(Br)c1OCC1CCOC1. The van der Waals surface area contributed by atoms with Crippen LogP contribution in [0.1, 0.15) is 25.8 Å². The second-order valence-corrected chi connectivity index (χ2v) is 6.16. The Labute approximate surface area is 123 Å². The largest absolute Gasteiger partial charge is 0.492 e. The van der Waals surface area contributed by atoms with Gasteiger partial charge in [-0.1, -0.05) is 26.0 Å². The third-order valence-corrected chi connectivity index (χ3v) is 3.86. The molecule has 0 bridgehead atoms. The van der Waals surface area contributed by atoms with E-state index in [1.165, 1.54) is 5.56 Å². The van der Waals surface area contributed by atoms with Crippen LogP contribution in [0.2, 0.25) is 0 Å². The van der Waals surface area contributed by atoms with Crippen LogP contribution in [0, 0.1) is 5.92 Å². The fourth-order valence-electron chi connectivity index (χ4n) is 2.08. The summed E-state index contributed by atoms with van der Waals surface area (Å²) in [6.07, 6.45) is 1.10. The molecule has 1 aromatic rings. The van der Waals surface area contributed by atoms with Crippen molar-refractivity contribution in [2.45, 2.75) is 32.9 Å². The number of hydrogen-bond acceptors (Lipinski definition) is 3. The first kappa shape index (κ1) is 14.8. The van der Waals surface area contributed by atoms with Crippen molar-refractivity contribution in [3.63, 3.8) is 0 Å². The van der Waals surface area contributed by atoms with Crippen LogP contribution in [-0.4, -0.2) is 25.9 Å². The molecule has 0 saturated carbocycles. The van der Waals surface area contributed by atoms with Crippen LogP contribution < -0.4 is 10.1 Å². The second-order valence-electron chi connectivity index (χ2n) is 5.30. The Hall–Kier alpha value is -0.580. The summed E-state index contributed by atoms with van der Waals surface area (Å²) in [4.78, 5) is 0. The lowest BCUT2D eigenvalue weighted by Gasteiger charge is -2.17. The van der Waals surface area contributed by atoms with E-state index in [9.17, 15) is 0 Å². The highest BCUT2D eigenvalue weighted by atomic mass is 79.9. The Balaban J connectivity index is 1.99. The Morgan fingerprint density at radius 2 is 2.32 bits per heavy atom. The lowest BCUT2D eigenvalue weighted by molar-refractivity contribution is 0.166. The van der Waals surface area contributed by atoms with Gasteiger partial charge in [-0.15, -0.1) is 0 Å². The van der Waals surface area contributed by atoms with Crippen LogP contribution in [0.3, 0.4) is 0 Å². The molecule has 1 atom stereocenters. The van der Waals surface area contributed by atoms with Crippen molar-refractivity contribution in [3.8, 4) is 5.75 Å². The number of hydrogen-bond donors (Lipinski definition) is 1. The highest BCUT2D eigenvalue weighted by Crippen LogP contribution is 2.30. The van der Waals surface area contributed by atoms with Gasteiger partial charge in [0.2, 0.25) is 0 Å². The van der Waals surface area contributed by atoms with E-state index in [1.807, 2.05) is 12.1 Å². The van der Waals surface area contributed by atoms with Crippen molar-refractivity contribution in [1.29, 1.82) is 0 Å². The van der Waals surface area contributed by atoms with Gasteiger partial charge in [-0.05, 0) is 28.4 Å². The first-order chi connectivity index (χ1) is 9.16. The molecule has 19 heavy (non-hydrogen) atoms. The van der Waals surface area contributed by atoms with Gasteiger partial charge < -0.3 is 14.8 Å². The van der Waals surface area contributed by atoms with Crippen LogP contribution in [-0.2, 0) is 11.3 Å². The molecule has 0 aliphatic carbocycles. The molecule has 0 spiro atoms. The van der Waals surface area contributed by atoms with Crippen molar-refractivity contribution in [2.75, 3.05) is 19.8 Å². The fourth-order valence-corrected chi connectivity index (χ4v) is 2.61. The lowest BCUT2D eigenvalue weighted by atomic mass is 10.1. The van der Waals surface area contributed by atoms with Crippen LogP contribution >= 0.6 is 15.9 Å². The summed E-state index contributed by atoms with van der Waals surface area (Å²) in [5, 5.41) is 3.43. The van der Waals surface area contributed by atoms with E-state index in [0.717, 1.165) is 43.0 Å². The maximum atomic E-state index is 6.02. The molecule has 1 aliphatic heterocycles. The minimum Gasteiger partial charge on any atom is -0.492 e. The van der Waals surface area contributed by atoms with Gasteiger partial charge in [0.1, 0.15) is 5.75 Å². The molecule has 4 heteroatoms. The van der Waals surface area contributed by atoms with Gasteiger partial charge in [0.05, 0.1) is 17.7 Å². The maximum Gasteiger partial charge on any atom is 0.137 e. The molecule has 1 saturated heterocycles. The topological polar surface area (TPSA) is 30.5 Å². The summed E-state index contributed by atoms with van der Waals surface area (Å²) in [6.45, 7) is 7.55. The van der Waals surface area contributed by atoms with Gasteiger partial charge in [0.15, 0.2) is 0 Å². The Kier molecular flexibility index (Phi) is 5.67. The summed E-state index contributed by atoms with van der Waals surface area (Å²) >= 11 is 3.58. The molecule has 1 heterocycles. The molecule has 2 rings (SSSR count). The quantitative estimate of drug-likeness (QED) is 0.869. The van der Waals surface area contributed by atoms with Crippen molar-refractivity contribution in [1.82, 2.24) is 5.32 Å². The average molecular weight is 328 g/mol. The molecule has 1 unspecified atom stereocenters. The molecule has 0 amide bonds. The molecule has 1 aliphatic rings. The third-order valence-electron chi connectivity index (χ3n) is 3.24. The monoisotopic (exact) mass is 327 g/mol. The van der Waals surface area contributed by atoms with Gasteiger partial charge in [-0.25, -0.2) is 0 Å². The van der Waals surface area contributed by atoms with Crippen LogP contribution in [0.25, 0.3) is 0 Å². The number of rotatable bonds is 6. The molecule has 3 nitrogen and oxygen atoms in total. The van der Waals surface area contributed by atoms with Gasteiger partial charge in [0, 0.05) is 30.7 Å². The first-order valence-corrected chi connectivity index (χ1v) is 7.67. The van der Waals surface area contributed by atoms with E-state index in [1.54, 1.807) is 0 Å². The van der Waals surface area contributed by atoms with Crippen LogP contribution in [0.4, 0.5) is 0 Å². The Morgan fingerprint density at radius 3 is 3.00 bits per heavy atom. The van der Waals surface area contributed by atoms with Crippen molar-refractivity contribution >= 4 is 15.9 Å². The van der Waals surface area contributed by atoms with E-state index in [-0.39, 0.29) is 0 Å². The second kappa shape index (κ2) is 7.27. The molecule has 1 aromatic carbocycles. The fraction of sp³-hybridized carbons (Fsp3) is 0.600. The van der Waals surface area contributed by atoms with Gasteiger partial charge >= 0.3 is 0 Å². The van der Waals surface area contributed by atoms with Gasteiger partial charge in [-0.2, -0.15) is 0 Å². The summed E-state index contributed by atoms with van der Waals surface area (Å²) in [7, 11) is 0. The first-order valence-electron chi connectivity index (χ1n) is 6.88. The van der Waals surface area contributed by atoms with Gasteiger partial charge in [-0.3, -0.25) is 0 Å². The molecule has 0 radical (unpaired) electrons. The van der Waals surface area contributed by atoms with Crippen LogP contribution in [0.15, 0.2) is 22.7 Å². The zero-order valence-corrected chi connectivity index (χ0v) is 13.2. The van der Waals surface area contributed by atoms with Crippen LogP contribution in [0.5, 0.6) is 5.75 Å². The molecule has 0 aromatic heterocycles. The Bertz CT molecular complexity index is 403. The minimum absolute atomic E-state index is 0.468. The minimum atomic E-state index is 0.468. The predicted octanol–water partition coefficient (Wildman–Crippen LogP) is 3.36. The van der Waals surface area contributed by atoms with Crippen molar-refractivity contribution in [2.24, 2.45) is 5.92 Å². The average Bonchev–Trinajstić information content (AvgIpc) is 2.88. The highest BCUT2D eigenvalue weighted by Gasteiger charge is 2.17. The number of halogens is 1. The summed E-state index contributed by atoms with van der Waals surface area (Å²) in [5.41, 5.74) is 1.20. The predicted molar refractivity (Wildman–Crippen MR) is 80.5 cm³/mol. The van der Waals surface area contributed by atoms with E-state index in [2.05, 4.69) is 41.2 Å². The van der Waals surface area contributed by atoms with Crippen molar-refractivity contribution < 1.29 is 9.47 Å². The smallest absolute Gasteiger partial charge is 0.137 e. The molecule has 1 fully saturated rings. The number of para-hydroxylation sites is 1.